The molecule has 0 saturated heterocycles. The molecule has 0 fully saturated rings. The quantitative estimate of drug-likeness (QED) is 0.814. The first kappa shape index (κ1) is 18.5. The second kappa shape index (κ2) is 6.93. The summed E-state index contributed by atoms with van der Waals surface area (Å²) >= 11 is 0. The third kappa shape index (κ3) is 3.61. The van der Waals surface area contributed by atoms with E-state index in [4.69, 9.17) is 4.74 Å². The molecule has 4 nitrogen and oxygen atoms in total. The van der Waals surface area contributed by atoms with Gasteiger partial charge in [-0.05, 0) is 62.4 Å². The predicted octanol–water partition coefficient (Wildman–Crippen LogP) is 4.18. The average Bonchev–Trinajstić information content (AvgIpc) is 2.46. The Morgan fingerprint density at radius 3 is 2.38 bits per heavy atom. The Kier molecular flexibility index (Phi) is 5.33. The molecule has 5 heteroatoms. The lowest BCUT2D eigenvalue weighted by atomic mass is 10.1. The highest BCUT2D eigenvalue weighted by molar-refractivity contribution is 7.91. The van der Waals surface area contributed by atoms with E-state index in [2.05, 4.69) is 4.98 Å². The largest absolute Gasteiger partial charge is 0.476 e. The Bertz CT molecular complexity index is 855. The number of aromatic nitrogens is 1. The highest BCUT2D eigenvalue weighted by Gasteiger charge is 2.28. The van der Waals surface area contributed by atoms with Gasteiger partial charge in [0.05, 0.1) is 11.5 Å². The fourth-order valence-electron chi connectivity index (χ4n) is 2.59. The van der Waals surface area contributed by atoms with Crippen molar-refractivity contribution in [2.45, 2.75) is 51.3 Å². The van der Waals surface area contributed by atoms with Crippen molar-refractivity contribution in [3.63, 3.8) is 0 Å². The van der Waals surface area contributed by atoms with Gasteiger partial charge in [0.15, 0.2) is 0 Å². The van der Waals surface area contributed by atoms with Crippen LogP contribution in [0.3, 0.4) is 0 Å². The maximum Gasteiger partial charge on any atom is 0.233 e. The van der Waals surface area contributed by atoms with Gasteiger partial charge in [-0.25, -0.2) is 13.4 Å². The molecule has 0 N–H and O–H groups in total. The van der Waals surface area contributed by atoms with Gasteiger partial charge < -0.3 is 4.74 Å². The second-order valence-corrected chi connectivity index (χ2v) is 8.48. The third-order valence-corrected chi connectivity index (χ3v) is 5.98. The topological polar surface area (TPSA) is 56.3 Å². The van der Waals surface area contributed by atoms with Crippen molar-refractivity contribution < 1.29 is 13.2 Å². The van der Waals surface area contributed by atoms with Gasteiger partial charge in [0, 0.05) is 5.69 Å². The van der Waals surface area contributed by atoms with Crippen molar-refractivity contribution in [2.75, 3.05) is 6.61 Å². The number of sulfone groups is 1. The van der Waals surface area contributed by atoms with E-state index in [1.54, 1.807) is 25.1 Å². The number of hydrogen-bond donors (Lipinski definition) is 0. The number of pyridine rings is 1. The van der Waals surface area contributed by atoms with E-state index >= 15 is 0 Å². The van der Waals surface area contributed by atoms with E-state index in [-0.39, 0.29) is 16.7 Å². The maximum atomic E-state index is 13.3. The lowest BCUT2D eigenvalue weighted by Crippen LogP contribution is -2.14. The standard InChI is InChI=1S/C19H25NO3S/c1-12(2)11-23-19-18(14(4)10-15(5)20-19)24(21,22)17-9-7-8-13(3)16(17)6/h7-10,12H,11H2,1-6H3. The average molecular weight is 347 g/mol. The lowest BCUT2D eigenvalue weighted by Gasteiger charge is -2.17. The Balaban J connectivity index is 2.67. The summed E-state index contributed by atoms with van der Waals surface area (Å²) in [6.07, 6.45) is 0. The minimum atomic E-state index is -3.71. The van der Waals surface area contributed by atoms with Crippen molar-refractivity contribution >= 4 is 9.84 Å². The second-order valence-electron chi connectivity index (χ2n) is 6.62. The van der Waals surface area contributed by atoms with Crippen LogP contribution in [0.5, 0.6) is 5.88 Å². The van der Waals surface area contributed by atoms with Gasteiger partial charge in [0.25, 0.3) is 0 Å². The van der Waals surface area contributed by atoms with Crippen molar-refractivity contribution in [3.05, 3.63) is 46.6 Å². The monoisotopic (exact) mass is 347 g/mol. The lowest BCUT2D eigenvalue weighted by molar-refractivity contribution is 0.253. The smallest absolute Gasteiger partial charge is 0.233 e. The SMILES string of the molecule is Cc1cc(C)c(S(=O)(=O)c2cccc(C)c2C)c(OCC(C)C)n1. The molecule has 1 heterocycles. The minimum Gasteiger partial charge on any atom is -0.476 e. The highest BCUT2D eigenvalue weighted by Crippen LogP contribution is 2.33. The molecule has 1 aromatic carbocycles. The fourth-order valence-corrected chi connectivity index (χ4v) is 4.45. The molecule has 24 heavy (non-hydrogen) atoms. The summed E-state index contributed by atoms with van der Waals surface area (Å²) in [5, 5.41) is 0. The van der Waals surface area contributed by atoms with Crippen molar-refractivity contribution in [1.82, 2.24) is 4.98 Å². The van der Waals surface area contributed by atoms with Gasteiger partial charge in [-0.1, -0.05) is 26.0 Å². The van der Waals surface area contributed by atoms with Crippen LogP contribution in [0.15, 0.2) is 34.1 Å². The molecule has 0 saturated carbocycles. The number of benzene rings is 1. The van der Waals surface area contributed by atoms with Gasteiger partial charge in [0.2, 0.25) is 15.7 Å². The van der Waals surface area contributed by atoms with E-state index in [9.17, 15) is 8.42 Å². The molecule has 0 radical (unpaired) electrons. The zero-order valence-corrected chi connectivity index (χ0v) is 16.0. The van der Waals surface area contributed by atoms with E-state index in [0.29, 0.717) is 17.1 Å². The zero-order chi connectivity index (χ0) is 18.1. The first-order chi connectivity index (χ1) is 11.1. The number of hydrogen-bond acceptors (Lipinski definition) is 4. The fraction of sp³-hybridized carbons (Fsp3) is 0.421. The number of aryl methyl sites for hydroxylation is 3. The molecule has 2 rings (SSSR count). The van der Waals surface area contributed by atoms with Crippen LogP contribution in [0.1, 0.15) is 36.2 Å². The van der Waals surface area contributed by atoms with Crippen LogP contribution < -0.4 is 4.74 Å². The van der Waals surface area contributed by atoms with Crippen molar-refractivity contribution in [2.24, 2.45) is 5.92 Å². The Morgan fingerprint density at radius 1 is 1.08 bits per heavy atom. The maximum absolute atomic E-state index is 13.3. The molecule has 0 amide bonds. The van der Waals surface area contributed by atoms with Crippen LogP contribution in [-0.2, 0) is 9.84 Å². The predicted molar refractivity (Wildman–Crippen MR) is 95.4 cm³/mol. The van der Waals surface area contributed by atoms with E-state index in [0.717, 1.165) is 16.8 Å². The first-order valence-electron chi connectivity index (χ1n) is 8.07. The van der Waals surface area contributed by atoms with Crippen LogP contribution >= 0.6 is 0 Å². The molecule has 0 atom stereocenters. The summed E-state index contributed by atoms with van der Waals surface area (Å²) in [6, 6.07) is 7.09. The van der Waals surface area contributed by atoms with Crippen LogP contribution in [0, 0.1) is 33.6 Å². The summed E-state index contributed by atoms with van der Waals surface area (Å²) in [5.41, 5.74) is 3.10. The molecule has 0 aliphatic heterocycles. The van der Waals surface area contributed by atoms with Crippen LogP contribution in [-0.4, -0.2) is 20.0 Å². The van der Waals surface area contributed by atoms with Gasteiger partial charge in [0.1, 0.15) is 4.90 Å². The van der Waals surface area contributed by atoms with Gasteiger partial charge in [-0.3, -0.25) is 0 Å². The van der Waals surface area contributed by atoms with E-state index in [1.807, 2.05) is 40.7 Å². The summed E-state index contributed by atoms with van der Waals surface area (Å²) < 4.78 is 32.3. The number of nitrogens with zero attached hydrogens (tertiary/aromatic N) is 1. The Morgan fingerprint density at radius 2 is 1.75 bits per heavy atom. The molecule has 0 aliphatic rings. The zero-order valence-electron chi connectivity index (χ0n) is 15.2. The molecule has 2 aromatic rings. The van der Waals surface area contributed by atoms with Gasteiger partial charge in [-0.15, -0.1) is 0 Å². The summed E-state index contributed by atoms with van der Waals surface area (Å²) in [7, 11) is -3.71. The van der Waals surface area contributed by atoms with E-state index in [1.165, 1.54) is 0 Å². The number of ether oxygens (including phenoxy) is 1. The number of rotatable bonds is 5. The molecule has 1 aromatic heterocycles. The van der Waals surface area contributed by atoms with Crippen molar-refractivity contribution in [1.29, 1.82) is 0 Å². The van der Waals surface area contributed by atoms with Crippen LogP contribution in [0.2, 0.25) is 0 Å². The first-order valence-corrected chi connectivity index (χ1v) is 9.55. The molecular weight excluding hydrogens is 322 g/mol. The van der Waals surface area contributed by atoms with Crippen molar-refractivity contribution in [3.8, 4) is 5.88 Å². The van der Waals surface area contributed by atoms with Gasteiger partial charge >= 0.3 is 0 Å². The molecule has 0 spiro atoms. The van der Waals surface area contributed by atoms with Gasteiger partial charge in [-0.2, -0.15) is 0 Å². The van der Waals surface area contributed by atoms with Crippen LogP contribution in [0.25, 0.3) is 0 Å². The Hall–Kier alpha value is -1.88. The molecule has 0 unspecified atom stereocenters. The molecule has 130 valence electrons. The summed E-state index contributed by atoms with van der Waals surface area (Å²) in [6.45, 7) is 11.8. The molecule has 0 aliphatic carbocycles. The summed E-state index contributed by atoms with van der Waals surface area (Å²) in [4.78, 5) is 4.83. The Labute approximate surface area is 144 Å². The summed E-state index contributed by atoms with van der Waals surface area (Å²) in [5.74, 6) is 0.478. The third-order valence-electron chi connectivity index (χ3n) is 3.92. The molecule has 0 bridgehead atoms. The minimum absolute atomic E-state index is 0.169. The van der Waals surface area contributed by atoms with E-state index < -0.39 is 9.84 Å². The normalized spacial score (nSPS) is 11.8. The molecular formula is C19H25NO3S. The van der Waals surface area contributed by atoms with Crippen LogP contribution in [0.4, 0.5) is 0 Å². The highest BCUT2D eigenvalue weighted by atomic mass is 32.2.